The number of carbonyl (C=O) groups is 1. The Morgan fingerprint density at radius 2 is 1.83 bits per heavy atom. The van der Waals surface area contributed by atoms with Crippen LogP contribution in [0.15, 0.2) is 46.0 Å². The molecule has 2 N–H and O–H groups in total. The van der Waals surface area contributed by atoms with Crippen LogP contribution in [0.25, 0.3) is 0 Å². The maximum Gasteiger partial charge on any atom is 0.418 e. The number of alkyl halides is 3. The lowest BCUT2D eigenvalue weighted by atomic mass is 10.1. The predicted octanol–water partition coefficient (Wildman–Crippen LogP) is 2.68. The number of anilines is 1. The van der Waals surface area contributed by atoms with E-state index in [1.807, 2.05) is 4.72 Å². The largest absolute Gasteiger partial charge is 0.418 e. The van der Waals surface area contributed by atoms with Crippen molar-refractivity contribution < 1.29 is 26.4 Å². The van der Waals surface area contributed by atoms with Gasteiger partial charge in [-0.3, -0.25) is 4.79 Å². The van der Waals surface area contributed by atoms with E-state index in [1.54, 1.807) is 5.38 Å². The van der Waals surface area contributed by atoms with Crippen LogP contribution in [0.5, 0.6) is 0 Å². The van der Waals surface area contributed by atoms with Gasteiger partial charge in [-0.25, -0.2) is 13.1 Å². The van der Waals surface area contributed by atoms with E-state index in [9.17, 15) is 26.4 Å². The van der Waals surface area contributed by atoms with E-state index in [4.69, 9.17) is 0 Å². The second-order valence-electron chi connectivity index (χ2n) is 4.35. The van der Waals surface area contributed by atoms with Gasteiger partial charge in [-0.15, -0.1) is 11.3 Å². The van der Waals surface area contributed by atoms with E-state index < -0.39 is 39.9 Å². The van der Waals surface area contributed by atoms with Crippen molar-refractivity contribution in [2.45, 2.75) is 10.4 Å². The quantitative estimate of drug-likeness (QED) is 0.857. The molecule has 2 rings (SSSR count). The SMILES string of the molecule is O=C(CNS(=O)(=O)c1cccs1)Nc1ccccc1C(F)(F)F. The summed E-state index contributed by atoms with van der Waals surface area (Å²) in [6.07, 6.45) is -4.62. The molecule has 0 fully saturated rings. The van der Waals surface area contributed by atoms with Crippen molar-refractivity contribution >= 4 is 33.0 Å². The molecule has 0 aliphatic rings. The standard InChI is InChI=1S/C13H11F3N2O3S2/c14-13(15,16)9-4-1-2-5-10(9)18-11(19)8-17-23(20,21)12-6-3-7-22-12/h1-7,17H,8H2,(H,18,19). The highest BCUT2D eigenvalue weighted by atomic mass is 32.2. The molecule has 1 heterocycles. The van der Waals surface area contributed by atoms with Crippen LogP contribution in [0.2, 0.25) is 0 Å². The summed E-state index contributed by atoms with van der Waals surface area (Å²) in [5.74, 6) is -0.901. The summed E-state index contributed by atoms with van der Waals surface area (Å²) in [6, 6.07) is 7.32. The Morgan fingerprint density at radius 3 is 2.43 bits per heavy atom. The average molecular weight is 364 g/mol. The number of carbonyl (C=O) groups excluding carboxylic acids is 1. The van der Waals surface area contributed by atoms with Crippen LogP contribution in [0.1, 0.15) is 5.56 Å². The van der Waals surface area contributed by atoms with Gasteiger partial charge in [0.1, 0.15) is 4.21 Å². The smallest absolute Gasteiger partial charge is 0.324 e. The monoisotopic (exact) mass is 364 g/mol. The first-order valence-corrected chi connectivity index (χ1v) is 8.56. The first-order valence-electron chi connectivity index (χ1n) is 6.19. The van der Waals surface area contributed by atoms with E-state index in [-0.39, 0.29) is 4.21 Å². The summed E-state index contributed by atoms with van der Waals surface area (Å²) >= 11 is 0.960. The molecule has 0 aliphatic heterocycles. The molecule has 0 aliphatic carbocycles. The molecule has 0 bridgehead atoms. The lowest BCUT2D eigenvalue weighted by Crippen LogP contribution is -2.33. The third-order valence-electron chi connectivity index (χ3n) is 2.69. The maximum absolute atomic E-state index is 12.8. The van der Waals surface area contributed by atoms with Gasteiger partial charge >= 0.3 is 6.18 Å². The van der Waals surface area contributed by atoms with Crippen LogP contribution in [0.4, 0.5) is 18.9 Å². The van der Waals surface area contributed by atoms with Crippen LogP contribution in [-0.2, 0) is 21.0 Å². The molecule has 2 aromatic rings. The topological polar surface area (TPSA) is 75.3 Å². The van der Waals surface area contributed by atoms with Crippen molar-refractivity contribution in [2.24, 2.45) is 0 Å². The molecular formula is C13H11F3N2O3S2. The van der Waals surface area contributed by atoms with Crippen LogP contribution < -0.4 is 10.0 Å². The van der Waals surface area contributed by atoms with Crippen molar-refractivity contribution in [3.63, 3.8) is 0 Å². The molecule has 10 heteroatoms. The Hall–Kier alpha value is -1.91. The van der Waals surface area contributed by atoms with Gasteiger partial charge < -0.3 is 5.32 Å². The molecule has 23 heavy (non-hydrogen) atoms. The van der Waals surface area contributed by atoms with E-state index in [1.165, 1.54) is 24.3 Å². The van der Waals surface area contributed by atoms with E-state index in [0.29, 0.717) is 0 Å². The lowest BCUT2D eigenvalue weighted by Gasteiger charge is -2.13. The number of amides is 1. The van der Waals surface area contributed by atoms with Gasteiger partial charge in [0.25, 0.3) is 10.0 Å². The summed E-state index contributed by atoms with van der Waals surface area (Å²) in [7, 11) is -3.86. The van der Waals surface area contributed by atoms with Crippen LogP contribution in [0.3, 0.4) is 0 Å². The van der Waals surface area contributed by atoms with Crippen molar-refractivity contribution in [2.75, 3.05) is 11.9 Å². The number of thiophene rings is 1. The zero-order valence-corrected chi connectivity index (χ0v) is 13.1. The highest BCUT2D eigenvalue weighted by Gasteiger charge is 2.33. The van der Waals surface area contributed by atoms with Gasteiger partial charge in [0.15, 0.2) is 0 Å². The fraction of sp³-hybridized carbons (Fsp3) is 0.154. The molecule has 5 nitrogen and oxygen atoms in total. The summed E-state index contributed by atoms with van der Waals surface area (Å²) in [5.41, 5.74) is -1.44. The van der Waals surface area contributed by atoms with Gasteiger partial charge in [-0.1, -0.05) is 18.2 Å². The molecular weight excluding hydrogens is 353 g/mol. The average Bonchev–Trinajstić information content (AvgIpc) is 3.00. The summed E-state index contributed by atoms with van der Waals surface area (Å²) < 4.78 is 64.1. The number of hydrogen-bond donors (Lipinski definition) is 2. The molecule has 1 aromatic heterocycles. The zero-order chi connectivity index (χ0) is 17.1. The second-order valence-corrected chi connectivity index (χ2v) is 7.29. The van der Waals surface area contributed by atoms with Crippen molar-refractivity contribution in [3.05, 3.63) is 47.3 Å². The molecule has 0 spiro atoms. The number of hydrogen-bond acceptors (Lipinski definition) is 4. The minimum atomic E-state index is -4.62. The highest BCUT2D eigenvalue weighted by molar-refractivity contribution is 7.91. The van der Waals surface area contributed by atoms with Gasteiger partial charge in [0, 0.05) is 0 Å². The Bertz CT molecular complexity index is 787. The Morgan fingerprint density at radius 1 is 1.13 bits per heavy atom. The highest BCUT2D eigenvalue weighted by Crippen LogP contribution is 2.34. The fourth-order valence-electron chi connectivity index (χ4n) is 1.68. The number of benzene rings is 1. The molecule has 1 aromatic carbocycles. The summed E-state index contributed by atoms with van der Waals surface area (Å²) in [5, 5.41) is 3.60. The predicted molar refractivity (Wildman–Crippen MR) is 79.6 cm³/mol. The Balaban J connectivity index is 2.04. The number of sulfonamides is 1. The van der Waals surface area contributed by atoms with Crippen LogP contribution in [-0.4, -0.2) is 20.9 Å². The summed E-state index contributed by atoms with van der Waals surface area (Å²) in [4.78, 5) is 11.7. The summed E-state index contributed by atoms with van der Waals surface area (Å²) in [6.45, 7) is -0.674. The van der Waals surface area contributed by atoms with Gasteiger partial charge in [-0.05, 0) is 23.6 Å². The number of halogens is 3. The van der Waals surface area contributed by atoms with Gasteiger partial charge in [0.05, 0.1) is 17.8 Å². The van der Waals surface area contributed by atoms with E-state index in [2.05, 4.69) is 5.32 Å². The van der Waals surface area contributed by atoms with Crippen molar-refractivity contribution in [1.82, 2.24) is 4.72 Å². The zero-order valence-electron chi connectivity index (χ0n) is 11.4. The molecule has 0 radical (unpaired) electrons. The molecule has 0 unspecified atom stereocenters. The third-order valence-corrected chi connectivity index (χ3v) is 5.49. The number of nitrogens with one attached hydrogen (secondary N) is 2. The molecule has 0 atom stereocenters. The van der Waals surface area contributed by atoms with Crippen LogP contribution in [0, 0.1) is 0 Å². The van der Waals surface area contributed by atoms with Crippen molar-refractivity contribution in [3.8, 4) is 0 Å². The number of para-hydroxylation sites is 1. The number of rotatable bonds is 5. The van der Waals surface area contributed by atoms with Gasteiger partial charge in [-0.2, -0.15) is 13.2 Å². The van der Waals surface area contributed by atoms with E-state index in [0.717, 1.165) is 23.5 Å². The first kappa shape index (κ1) is 17.4. The normalized spacial score (nSPS) is 12.1. The maximum atomic E-state index is 12.8. The molecule has 124 valence electrons. The second kappa shape index (κ2) is 6.69. The molecule has 1 amide bonds. The molecule has 0 saturated heterocycles. The fourth-order valence-corrected chi connectivity index (χ4v) is 3.70. The Kier molecular flexibility index (Phi) is 5.07. The minimum Gasteiger partial charge on any atom is -0.324 e. The first-order chi connectivity index (χ1) is 10.7. The minimum absolute atomic E-state index is 0.0148. The van der Waals surface area contributed by atoms with Crippen LogP contribution >= 0.6 is 11.3 Å². The van der Waals surface area contributed by atoms with Gasteiger partial charge in [0.2, 0.25) is 5.91 Å². The lowest BCUT2D eigenvalue weighted by molar-refractivity contribution is -0.137. The molecule has 0 saturated carbocycles. The van der Waals surface area contributed by atoms with Crippen molar-refractivity contribution in [1.29, 1.82) is 0 Å². The third kappa shape index (κ3) is 4.53. The van der Waals surface area contributed by atoms with E-state index >= 15 is 0 Å². The Labute approximate surface area is 134 Å².